The smallest absolute Gasteiger partial charge is 0.124 e. The highest BCUT2D eigenvalue weighted by Gasteiger charge is 2.16. The molecule has 1 fully saturated rings. The van der Waals surface area contributed by atoms with Crippen molar-refractivity contribution in [2.45, 2.75) is 12.5 Å². The molecule has 0 spiro atoms. The lowest BCUT2D eigenvalue weighted by Gasteiger charge is -2.14. The van der Waals surface area contributed by atoms with Crippen molar-refractivity contribution in [2.75, 3.05) is 16.8 Å². The highest BCUT2D eigenvalue weighted by molar-refractivity contribution is 7.99. The molecular formula is C10H13N3S2. The quantitative estimate of drug-likeness (QED) is 0.785. The summed E-state index contributed by atoms with van der Waals surface area (Å²) < 4.78 is 0. The molecule has 1 aliphatic rings. The van der Waals surface area contributed by atoms with E-state index < -0.39 is 0 Å². The van der Waals surface area contributed by atoms with E-state index in [4.69, 9.17) is 18.0 Å². The van der Waals surface area contributed by atoms with Gasteiger partial charge in [-0.15, -0.1) is 0 Å². The van der Waals surface area contributed by atoms with Crippen LogP contribution in [0.4, 0.5) is 5.69 Å². The Balaban J connectivity index is 2.15. The number of hydrogen-bond acceptors (Lipinski definition) is 4. The standard InChI is InChI=1S/C10H13N3S2/c11-10(14)9-8(2-1-4-12-9)13-7-3-5-15-6-7/h1-2,4,7,13H,3,5-6H2,(H2,11,14). The van der Waals surface area contributed by atoms with Gasteiger partial charge in [-0.1, -0.05) is 12.2 Å². The Morgan fingerprint density at radius 2 is 2.53 bits per heavy atom. The van der Waals surface area contributed by atoms with Gasteiger partial charge in [-0.05, 0) is 24.3 Å². The minimum atomic E-state index is 0.351. The van der Waals surface area contributed by atoms with Crippen LogP contribution in [0.3, 0.4) is 0 Å². The lowest BCUT2D eigenvalue weighted by molar-refractivity contribution is 0.811. The van der Waals surface area contributed by atoms with Gasteiger partial charge in [0, 0.05) is 18.0 Å². The first-order chi connectivity index (χ1) is 7.27. The van der Waals surface area contributed by atoms with Crippen molar-refractivity contribution in [3.05, 3.63) is 24.0 Å². The van der Waals surface area contributed by atoms with Gasteiger partial charge in [0.1, 0.15) is 10.7 Å². The van der Waals surface area contributed by atoms with E-state index in [0.29, 0.717) is 16.7 Å². The van der Waals surface area contributed by atoms with Gasteiger partial charge < -0.3 is 11.1 Å². The zero-order valence-corrected chi connectivity index (χ0v) is 9.90. The van der Waals surface area contributed by atoms with Gasteiger partial charge in [0.05, 0.1) is 5.69 Å². The number of pyridine rings is 1. The maximum atomic E-state index is 5.61. The number of nitrogens with two attached hydrogens (primary N) is 1. The van der Waals surface area contributed by atoms with Gasteiger partial charge in [0.25, 0.3) is 0 Å². The summed E-state index contributed by atoms with van der Waals surface area (Å²) in [5.74, 6) is 2.37. The van der Waals surface area contributed by atoms with Crippen molar-refractivity contribution in [3.8, 4) is 0 Å². The Bertz CT molecular complexity index is 361. The summed E-state index contributed by atoms with van der Waals surface area (Å²) in [6.07, 6.45) is 2.90. The average molecular weight is 239 g/mol. The number of aromatic nitrogens is 1. The van der Waals surface area contributed by atoms with Crippen LogP contribution in [0.5, 0.6) is 0 Å². The van der Waals surface area contributed by atoms with Crippen LogP contribution in [0, 0.1) is 0 Å². The first-order valence-electron chi connectivity index (χ1n) is 4.86. The third-order valence-corrected chi connectivity index (χ3v) is 3.69. The molecular weight excluding hydrogens is 226 g/mol. The maximum absolute atomic E-state index is 5.61. The van der Waals surface area contributed by atoms with E-state index in [9.17, 15) is 0 Å². The number of rotatable bonds is 3. The van der Waals surface area contributed by atoms with E-state index in [1.165, 1.54) is 12.2 Å². The SMILES string of the molecule is NC(=S)c1ncccc1NC1CCSC1. The van der Waals surface area contributed by atoms with Gasteiger partial charge in [0.15, 0.2) is 0 Å². The van der Waals surface area contributed by atoms with Gasteiger partial charge in [0.2, 0.25) is 0 Å². The molecule has 3 N–H and O–H groups in total. The van der Waals surface area contributed by atoms with Crippen LogP contribution in [-0.4, -0.2) is 27.5 Å². The lowest BCUT2D eigenvalue weighted by Crippen LogP contribution is -2.22. The summed E-state index contributed by atoms with van der Waals surface area (Å²) in [5.41, 5.74) is 7.27. The highest BCUT2D eigenvalue weighted by Crippen LogP contribution is 2.22. The molecule has 15 heavy (non-hydrogen) atoms. The second kappa shape index (κ2) is 4.81. The summed E-state index contributed by atoms with van der Waals surface area (Å²) >= 11 is 6.93. The maximum Gasteiger partial charge on any atom is 0.124 e. The largest absolute Gasteiger partial charge is 0.388 e. The van der Waals surface area contributed by atoms with Crippen molar-refractivity contribution in [3.63, 3.8) is 0 Å². The second-order valence-electron chi connectivity index (χ2n) is 3.47. The third-order valence-electron chi connectivity index (χ3n) is 2.33. The van der Waals surface area contributed by atoms with Crippen LogP contribution < -0.4 is 11.1 Å². The molecule has 1 aliphatic heterocycles. The normalized spacial score (nSPS) is 20.1. The number of anilines is 1. The zero-order valence-electron chi connectivity index (χ0n) is 8.27. The number of nitrogens with one attached hydrogen (secondary N) is 1. The molecule has 2 rings (SSSR count). The van der Waals surface area contributed by atoms with E-state index in [-0.39, 0.29) is 0 Å². The van der Waals surface area contributed by atoms with E-state index in [1.54, 1.807) is 6.20 Å². The molecule has 3 nitrogen and oxygen atoms in total. The minimum absolute atomic E-state index is 0.351. The zero-order chi connectivity index (χ0) is 10.7. The lowest BCUT2D eigenvalue weighted by atomic mass is 10.2. The summed E-state index contributed by atoms with van der Waals surface area (Å²) in [6, 6.07) is 4.39. The molecule has 0 bridgehead atoms. The number of nitrogens with zero attached hydrogens (tertiary/aromatic N) is 1. The predicted molar refractivity (Wildman–Crippen MR) is 69.5 cm³/mol. The Morgan fingerprint density at radius 3 is 3.20 bits per heavy atom. The van der Waals surface area contributed by atoms with Crippen LogP contribution in [-0.2, 0) is 0 Å². The molecule has 5 heteroatoms. The molecule has 1 aromatic rings. The fourth-order valence-corrected chi connectivity index (χ4v) is 2.90. The molecule has 1 saturated heterocycles. The van der Waals surface area contributed by atoms with Crippen molar-refractivity contribution in [2.24, 2.45) is 5.73 Å². The molecule has 0 aliphatic carbocycles. The summed E-state index contributed by atoms with van der Waals surface area (Å²) in [6.45, 7) is 0. The van der Waals surface area contributed by atoms with Crippen molar-refractivity contribution in [1.29, 1.82) is 0 Å². The predicted octanol–water partition coefficient (Wildman–Crippen LogP) is 1.63. The Hall–Kier alpha value is -0.810. The molecule has 1 aromatic heterocycles. The van der Waals surface area contributed by atoms with Crippen LogP contribution in [0.15, 0.2) is 18.3 Å². The molecule has 2 heterocycles. The van der Waals surface area contributed by atoms with Crippen LogP contribution in [0.25, 0.3) is 0 Å². The molecule has 0 amide bonds. The molecule has 1 atom stereocenters. The van der Waals surface area contributed by atoms with Gasteiger partial charge in [-0.2, -0.15) is 11.8 Å². The van der Waals surface area contributed by atoms with Gasteiger partial charge in [-0.3, -0.25) is 4.98 Å². The van der Waals surface area contributed by atoms with Crippen LogP contribution in [0.1, 0.15) is 12.1 Å². The third kappa shape index (κ3) is 2.60. The first-order valence-corrected chi connectivity index (χ1v) is 6.43. The fourth-order valence-electron chi connectivity index (χ4n) is 1.59. The first kappa shape index (κ1) is 10.7. The van der Waals surface area contributed by atoms with Crippen LogP contribution in [0.2, 0.25) is 0 Å². The number of hydrogen-bond donors (Lipinski definition) is 2. The molecule has 0 saturated carbocycles. The van der Waals surface area contributed by atoms with E-state index in [0.717, 1.165) is 11.4 Å². The number of thioether (sulfide) groups is 1. The summed E-state index contributed by atoms with van der Waals surface area (Å²) in [7, 11) is 0. The molecule has 80 valence electrons. The fraction of sp³-hybridized carbons (Fsp3) is 0.400. The molecule has 0 aromatic carbocycles. The van der Waals surface area contributed by atoms with E-state index >= 15 is 0 Å². The average Bonchev–Trinajstić information content (AvgIpc) is 2.71. The second-order valence-corrected chi connectivity index (χ2v) is 5.06. The number of thiocarbonyl (C=S) groups is 1. The Morgan fingerprint density at radius 1 is 1.67 bits per heavy atom. The summed E-state index contributed by atoms with van der Waals surface area (Å²) in [4.78, 5) is 4.54. The highest BCUT2D eigenvalue weighted by atomic mass is 32.2. The van der Waals surface area contributed by atoms with Gasteiger partial charge >= 0.3 is 0 Å². The topological polar surface area (TPSA) is 50.9 Å². The molecule has 0 radical (unpaired) electrons. The Labute approximate surface area is 98.8 Å². The van der Waals surface area contributed by atoms with E-state index in [1.807, 2.05) is 23.9 Å². The summed E-state index contributed by atoms with van der Waals surface area (Å²) in [5, 5.41) is 3.44. The van der Waals surface area contributed by atoms with Crippen molar-refractivity contribution >= 4 is 34.7 Å². The minimum Gasteiger partial charge on any atom is -0.388 e. The van der Waals surface area contributed by atoms with E-state index in [2.05, 4.69) is 10.3 Å². The molecule has 1 unspecified atom stereocenters. The van der Waals surface area contributed by atoms with Crippen LogP contribution >= 0.6 is 24.0 Å². The van der Waals surface area contributed by atoms with Gasteiger partial charge in [-0.25, -0.2) is 0 Å². The van der Waals surface area contributed by atoms with Crippen molar-refractivity contribution in [1.82, 2.24) is 4.98 Å². The Kier molecular flexibility index (Phi) is 3.43. The van der Waals surface area contributed by atoms with Crippen molar-refractivity contribution < 1.29 is 0 Å². The monoisotopic (exact) mass is 239 g/mol.